The lowest BCUT2D eigenvalue weighted by Crippen LogP contribution is -2.29. The third kappa shape index (κ3) is 3.95. The van der Waals surface area contributed by atoms with Crippen molar-refractivity contribution in [3.05, 3.63) is 82.6 Å². The number of aromatic nitrogens is 2. The summed E-state index contributed by atoms with van der Waals surface area (Å²) in [5.74, 6) is 1.66. The number of pyridine rings is 1. The van der Waals surface area contributed by atoms with Gasteiger partial charge in [-0.3, -0.25) is 9.88 Å². The van der Waals surface area contributed by atoms with Gasteiger partial charge in [0.25, 0.3) is 0 Å². The van der Waals surface area contributed by atoms with E-state index in [1.807, 2.05) is 24.6 Å². The Balaban J connectivity index is 1.30. The molecule has 2 aromatic carbocycles. The highest BCUT2D eigenvalue weighted by atomic mass is 32.1. The molecule has 0 fully saturated rings. The average Bonchev–Trinajstić information content (AvgIpc) is 3.13. The van der Waals surface area contributed by atoms with Gasteiger partial charge < -0.3 is 4.74 Å². The summed E-state index contributed by atoms with van der Waals surface area (Å²) in [6, 6.07) is 17.5. The van der Waals surface area contributed by atoms with Crippen molar-refractivity contribution in [3.63, 3.8) is 0 Å². The summed E-state index contributed by atoms with van der Waals surface area (Å²) in [5, 5.41) is 0. The van der Waals surface area contributed by atoms with Crippen LogP contribution < -0.4 is 4.74 Å². The maximum absolute atomic E-state index is 6.04. The van der Waals surface area contributed by atoms with E-state index in [1.54, 1.807) is 17.5 Å². The molecule has 1 unspecified atom stereocenters. The molecule has 1 aliphatic rings. The monoisotopic (exact) mass is 415 g/mol. The highest BCUT2D eigenvalue weighted by Gasteiger charge is 2.20. The molecule has 0 saturated heterocycles. The summed E-state index contributed by atoms with van der Waals surface area (Å²) >= 11 is 1.70. The minimum Gasteiger partial charge on any atom is -0.456 e. The van der Waals surface area contributed by atoms with E-state index < -0.39 is 0 Å². The van der Waals surface area contributed by atoms with Gasteiger partial charge in [-0.05, 0) is 79.8 Å². The highest BCUT2D eigenvalue weighted by Crippen LogP contribution is 2.30. The standard InChI is InChI=1S/C25H25N3OS/c1-17-3-6-23(15-26-17)29-22-7-4-19-9-11-28(12-10-21(19)13-22)18(2)20-5-8-25-24(14-20)27-16-30-25/h3-8,13-16,18H,9-12H2,1-2H3. The first-order chi connectivity index (χ1) is 14.7. The van der Waals surface area contributed by atoms with Crippen LogP contribution in [0, 0.1) is 6.92 Å². The second kappa shape index (κ2) is 8.17. The van der Waals surface area contributed by atoms with Crippen LogP contribution in [0.25, 0.3) is 10.2 Å². The molecule has 4 nitrogen and oxygen atoms in total. The lowest BCUT2D eigenvalue weighted by molar-refractivity contribution is 0.221. The van der Waals surface area contributed by atoms with Crippen molar-refractivity contribution in [1.29, 1.82) is 0 Å². The summed E-state index contributed by atoms with van der Waals surface area (Å²) in [5.41, 5.74) is 8.18. The molecule has 30 heavy (non-hydrogen) atoms. The van der Waals surface area contributed by atoms with E-state index in [4.69, 9.17) is 4.74 Å². The highest BCUT2D eigenvalue weighted by molar-refractivity contribution is 7.16. The Morgan fingerprint density at radius 3 is 2.60 bits per heavy atom. The molecule has 0 amide bonds. The van der Waals surface area contributed by atoms with Crippen LogP contribution in [-0.2, 0) is 12.8 Å². The van der Waals surface area contributed by atoms with Crippen molar-refractivity contribution in [2.75, 3.05) is 13.1 Å². The van der Waals surface area contributed by atoms with Crippen LogP contribution in [0.4, 0.5) is 0 Å². The molecule has 0 aliphatic carbocycles. The minimum atomic E-state index is 0.375. The second-order valence-electron chi connectivity index (χ2n) is 7.96. The molecule has 5 heteroatoms. The number of thiazole rings is 1. The molecule has 0 spiro atoms. The normalized spacial score (nSPS) is 15.5. The lowest BCUT2D eigenvalue weighted by Gasteiger charge is -2.28. The van der Waals surface area contributed by atoms with Crippen molar-refractivity contribution >= 4 is 21.6 Å². The quantitative estimate of drug-likeness (QED) is 0.413. The fraction of sp³-hybridized carbons (Fsp3) is 0.280. The summed E-state index contributed by atoms with van der Waals surface area (Å²) in [4.78, 5) is 11.4. The van der Waals surface area contributed by atoms with Crippen molar-refractivity contribution in [3.8, 4) is 11.5 Å². The summed E-state index contributed by atoms with van der Waals surface area (Å²) in [7, 11) is 0. The van der Waals surface area contributed by atoms with Gasteiger partial charge in [-0.15, -0.1) is 11.3 Å². The number of aryl methyl sites for hydroxylation is 1. The molecule has 2 aromatic heterocycles. The van der Waals surface area contributed by atoms with Gasteiger partial charge in [-0.1, -0.05) is 12.1 Å². The van der Waals surface area contributed by atoms with Gasteiger partial charge in [0.05, 0.1) is 21.9 Å². The van der Waals surface area contributed by atoms with Crippen molar-refractivity contribution in [2.24, 2.45) is 0 Å². The van der Waals surface area contributed by atoms with Crippen molar-refractivity contribution in [2.45, 2.75) is 32.7 Å². The van der Waals surface area contributed by atoms with E-state index in [-0.39, 0.29) is 0 Å². The topological polar surface area (TPSA) is 38.2 Å². The molecule has 5 rings (SSSR count). The number of benzene rings is 2. The Bertz CT molecular complexity index is 1170. The summed E-state index contributed by atoms with van der Waals surface area (Å²) in [6.45, 7) is 6.39. The zero-order valence-electron chi connectivity index (χ0n) is 17.3. The van der Waals surface area contributed by atoms with Crippen LogP contribution in [-0.4, -0.2) is 28.0 Å². The lowest BCUT2D eigenvalue weighted by atomic mass is 10.0. The number of nitrogens with zero attached hydrogens (tertiary/aromatic N) is 3. The van der Waals surface area contributed by atoms with E-state index in [0.717, 1.165) is 48.6 Å². The van der Waals surface area contributed by atoms with E-state index in [1.165, 1.54) is 21.4 Å². The molecular weight excluding hydrogens is 390 g/mol. The van der Waals surface area contributed by atoms with Crippen LogP contribution in [0.3, 0.4) is 0 Å². The predicted octanol–water partition coefficient (Wildman–Crippen LogP) is 5.95. The molecule has 4 aromatic rings. The Labute approximate surface area is 181 Å². The van der Waals surface area contributed by atoms with Gasteiger partial charge in [-0.2, -0.15) is 0 Å². The zero-order valence-corrected chi connectivity index (χ0v) is 18.2. The average molecular weight is 416 g/mol. The number of hydrogen-bond acceptors (Lipinski definition) is 5. The van der Waals surface area contributed by atoms with Crippen LogP contribution in [0.15, 0.2) is 60.2 Å². The first kappa shape index (κ1) is 19.2. The Morgan fingerprint density at radius 1 is 0.933 bits per heavy atom. The number of rotatable bonds is 4. The van der Waals surface area contributed by atoms with E-state index in [0.29, 0.717) is 6.04 Å². The Hall–Kier alpha value is -2.76. The maximum atomic E-state index is 6.04. The minimum absolute atomic E-state index is 0.375. The molecular formula is C25H25N3OS. The van der Waals surface area contributed by atoms with E-state index in [9.17, 15) is 0 Å². The van der Waals surface area contributed by atoms with E-state index >= 15 is 0 Å². The van der Waals surface area contributed by atoms with Gasteiger partial charge in [0.1, 0.15) is 11.5 Å². The second-order valence-corrected chi connectivity index (χ2v) is 8.85. The van der Waals surface area contributed by atoms with Crippen LogP contribution in [0.5, 0.6) is 11.5 Å². The summed E-state index contributed by atoms with van der Waals surface area (Å²) < 4.78 is 7.29. The van der Waals surface area contributed by atoms with Crippen molar-refractivity contribution < 1.29 is 4.74 Å². The summed E-state index contributed by atoms with van der Waals surface area (Å²) in [6.07, 6.45) is 3.87. The fourth-order valence-electron chi connectivity index (χ4n) is 4.17. The third-order valence-electron chi connectivity index (χ3n) is 6.02. The third-order valence-corrected chi connectivity index (χ3v) is 6.83. The molecule has 0 N–H and O–H groups in total. The number of ether oxygens (including phenoxy) is 1. The van der Waals surface area contributed by atoms with Crippen LogP contribution in [0.2, 0.25) is 0 Å². The molecule has 0 radical (unpaired) electrons. The molecule has 1 atom stereocenters. The first-order valence-corrected chi connectivity index (χ1v) is 11.3. The molecule has 3 heterocycles. The SMILES string of the molecule is Cc1ccc(Oc2ccc3c(c2)CCN(C(C)c2ccc4scnc4c2)CC3)cn1. The maximum Gasteiger partial charge on any atom is 0.145 e. The largest absolute Gasteiger partial charge is 0.456 e. The molecule has 0 bridgehead atoms. The van der Waals surface area contributed by atoms with Crippen LogP contribution in [0.1, 0.15) is 35.3 Å². The zero-order chi connectivity index (χ0) is 20.5. The molecule has 152 valence electrons. The van der Waals surface area contributed by atoms with Gasteiger partial charge in [0, 0.05) is 24.8 Å². The fourth-order valence-corrected chi connectivity index (χ4v) is 4.82. The Kier molecular flexibility index (Phi) is 5.23. The van der Waals surface area contributed by atoms with Crippen molar-refractivity contribution in [1.82, 2.24) is 14.9 Å². The molecule has 0 saturated carbocycles. The van der Waals surface area contributed by atoms with Gasteiger partial charge in [0.2, 0.25) is 0 Å². The Morgan fingerprint density at radius 2 is 1.77 bits per heavy atom. The first-order valence-electron chi connectivity index (χ1n) is 10.5. The van der Waals surface area contributed by atoms with Gasteiger partial charge >= 0.3 is 0 Å². The van der Waals surface area contributed by atoms with Gasteiger partial charge in [0.15, 0.2) is 0 Å². The smallest absolute Gasteiger partial charge is 0.145 e. The van der Waals surface area contributed by atoms with E-state index in [2.05, 4.69) is 58.2 Å². The molecule has 1 aliphatic heterocycles. The number of hydrogen-bond donors (Lipinski definition) is 0. The predicted molar refractivity (Wildman–Crippen MR) is 123 cm³/mol. The van der Waals surface area contributed by atoms with Crippen LogP contribution >= 0.6 is 11.3 Å². The number of fused-ring (bicyclic) bond motifs is 2. The van der Waals surface area contributed by atoms with Gasteiger partial charge in [-0.25, -0.2) is 4.98 Å².